The molecule has 3 rings (SSSR count). The van der Waals surface area contributed by atoms with Crippen molar-refractivity contribution in [3.8, 4) is 0 Å². The summed E-state index contributed by atoms with van der Waals surface area (Å²) in [5.41, 5.74) is 0.571. The van der Waals surface area contributed by atoms with Gasteiger partial charge in [0, 0.05) is 13.1 Å². The number of aromatic nitrogens is 2. The second kappa shape index (κ2) is 6.37. The Labute approximate surface area is 134 Å². The summed E-state index contributed by atoms with van der Waals surface area (Å²) in [6, 6.07) is 5.53. The van der Waals surface area contributed by atoms with Crippen LogP contribution in [0.4, 0.5) is 4.39 Å². The van der Waals surface area contributed by atoms with Crippen molar-refractivity contribution < 1.29 is 17.3 Å². The fourth-order valence-electron chi connectivity index (χ4n) is 2.76. The Kier molecular flexibility index (Phi) is 4.45. The molecule has 1 aliphatic heterocycles. The van der Waals surface area contributed by atoms with Crippen LogP contribution in [-0.2, 0) is 15.8 Å². The predicted octanol–water partition coefficient (Wildman–Crippen LogP) is 2.23. The van der Waals surface area contributed by atoms with E-state index < -0.39 is 10.0 Å². The smallest absolute Gasteiger partial charge is 0.231 e. The molecule has 2 aromatic rings. The van der Waals surface area contributed by atoms with E-state index in [2.05, 4.69) is 10.1 Å². The lowest BCUT2D eigenvalue weighted by molar-refractivity contribution is 0.265. The molecule has 0 aliphatic carbocycles. The van der Waals surface area contributed by atoms with E-state index in [1.54, 1.807) is 6.92 Å². The van der Waals surface area contributed by atoms with E-state index >= 15 is 0 Å². The van der Waals surface area contributed by atoms with Gasteiger partial charge in [0.1, 0.15) is 5.82 Å². The standard InChI is InChI=1S/C15H18FN3O3S/c1-11-17-15(22-18-11)13-3-2-8-19(9-13)23(20,21)10-12-4-6-14(16)7-5-12/h4-7,13H,2-3,8-10H2,1H3. The second-order valence-electron chi connectivity index (χ2n) is 5.76. The molecule has 2 heterocycles. The molecule has 0 bridgehead atoms. The monoisotopic (exact) mass is 339 g/mol. The summed E-state index contributed by atoms with van der Waals surface area (Å²) in [7, 11) is -3.46. The third-order valence-corrected chi connectivity index (χ3v) is 5.75. The highest BCUT2D eigenvalue weighted by Crippen LogP contribution is 2.28. The summed E-state index contributed by atoms with van der Waals surface area (Å²) in [4.78, 5) is 4.20. The molecule has 124 valence electrons. The molecule has 1 aromatic heterocycles. The highest BCUT2D eigenvalue weighted by Gasteiger charge is 2.32. The number of halogens is 1. The normalized spacial score (nSPS) is 19.8. The Morgan fingerprint density at radius 3 is 2.74 bits per heavy atom. The predicted molar refractivity (Wildman–Crippen MR) is 81.6 cm³/mol. The fourth-order valence-corrected chi connectivity index (χ4v) is 4.37. The molecule has 0 saturated carbocycles. The maximum absolute atomic E-state index is 12.9. The summed E-state index contributed by atoms with van der Waals surface area (Å²) < 4.78 is 44.7. The van der Waals surface area contributed by atoms with E-state index in [4.69, 9.17) is 4.52 Å². The Morgan fingerprint density at radius 2 is 2.09 bits per heavy atom. The second-order valence-corrected chi connectivity index (χ2v) is 7.73. The number of rotatable bonds is 4. The van der Waals surface area contributed by atoms with Crippen LogP contribution in [0.15, 0.2) is 28.8 Å². The lowest BCUT2D eigenvalue weighted by Crippen LogP contribution is -2.39. The summed E-state index contributed by atoms with van der Waals surface area (Å²) in [6.45, 7) is 2.55. The van der Waals surface area contributed by atoms with E-state index in [-0.39, 0.29) is 17.5 Å². The van der Waals surface area contributed by atoms with Crippen LogP contribution in [0.5, 0.6) is 0 Å². The minimum Gasteiger partial charge on any atom is -0.339 e. The molecule has 8 heteroatoms. The van der Waals surface area contributed by atoms with Crippen LogP contribution in [0.25, 0.3) is 0 Å². The van der Waals surface area contributed by atoms with Gasteiger partial charge in [-0.25, -0.2) is 17.1 Å². The maximum Gasteiger partial charge on any atom is 0.231 e. The van der Waals surface area contributed by atoms with Gasteiger partial charge in [0.2, 0.25) is 15.9 Å². The zero-order chi connectivity index (χ0) is 16.4. The summed E-state index contributed by atoms with van der Waals surface area (Å²) in [5.74, 6) is 0.447. The molecule has 1 saturated heterocycles. The lowest BCUT2D eigenvalue weighted by atomic mass is 10.00. The highest BCUT2D eigenvalue weighted by atomic mass is 32.2. The number of nitrogens with zero attached hydrogens (tertiary/aromatic N) is 3. The Morgan fingerprint density at radius 1 is 1.35 bits per heavy atom. The van der Waals surface area contributed by atoms with Crippen molar-refractivity contribution in [3.63, 3.8) is 0 Å². The van der Waals surface area contributed by atoms with Crippen molar-refractivity contribution in [2.75, 3.05) is 13.1 Å². The van der Waals surface area contributed by atoms with Crippen LogP contribution < -0.4 is 0 Å². The van der Waals surface area contributed by atoms with Gasteiger partial charge in [-0.2, -0.15) is 4.98 Å². The largest absolute Gasteiger partial charge is 0.339 e. The van der Waals surface area contributed by atoms with E-state index in [9.17, 15) is 12.8 Å². The first-order valence-electron chi connectivity index (χ1n) is 7.46. The van der Waals surface area contributed by atoms with Crippen LogP contribution in [0.2, 0.25) is 0 Å². The van der Waals surface area contributed by atoms with Crippen LogP contribution in [-0.4, -0.2) is 36.0 Å². The first-order chi connectivity index (χ1) is 10.9. The summed E-state index contributed by atoms with van der Waals surface area (Å²) >= 11 is 0. The molecule has 0 spiro atoms. The molecule has 6 nitrogen and oxygen atoms in total. The van der Waals surface area contributed by atoms with Gasteiger partial charge in [-0.05, 0) is 37.5 Å². The molecule has 1 fully saturated rings. The van der Waals surface area contributed by atoms with Gasteiger partial charge in [-0.1, -0.05) is 17.3 Å². The van der Waals surface area contributed by atoms with Gasteiger partial charge in [0.15, 0.2) is 5.82 Å². The topological polar surface area (TPSA) is 76.3 Å². The summed E-state index contributed by atoms with van der Waals surface area (Å²) in [6.07, 6.45) is 1.57. The van der Waals surface area contributed by atoms with Crippen LogP contribution >= 0.6 is 0 Å². The first-order valence-corrected chi connectivity index (χ1v) is 9.07. The quantitative estimate of drug-likeness (QED) is 0.854. The number of piperidine rings is 1. The van der Waals surface area contributed by atoms with Gasteiger partial charge in [-0.3, -0.25) is 0 Å². The third kappa shape index (κ3) is 3.76. The zero-order valence-electron chi connectivity index (χ0n) is 12.8. The van der Waals surface area contributed by atoms with E-state index in [1.165, 1.54) is 28.6 Å². The molecule has 1 aromatic carbocycles. The molecule has 1 unspecified atom stereocenters. The lowest BCUT2D eigenvalue weighted by Gasteiger charge is -2.30. The third-order valence-electron chi connectivity index (χ3n) is 3.93. The fraction of sp³-hybridized carbons (Fsp3) is 0.467. The molecule has 1 aliphatic rings. The molecule has 1 atom stereocenters. The van der Waals surface area contributed by atoms with Gasteiger partial charge in [0.05, 0.1) is 11.7 Å². The van der Waals surface area contributed by atoms with Crippen molar-refractivity contribution >= 4 is 10.0 Å². The zero-order valence-corrected chi connectivity index (χ0v) is 13.6. The Bertz CT molecular complexity index is 774. The molecular formula is C15H18FN3O3S. The first kappa shape index (κ1) is 16.1. The van der Waals surface area contributed by atoms with Gasteiger partial charge >= 0.3 is 0 Å². The molecule has 23 heavy (non-hydrogen) atoms. The van der Waals surface area contributed by atoms with Crippen molar-refractivity contribution in [2.24, 2.45) is 0 Å². The van der Waals surface area contributed by atoms with E-state index in [1.807, 2.05) is 0 Å². The molecule has 0 radical (unpaired) electrons. The summed E-state index contributed by atoms with van der Waals surface area (Å²) in [5, 5.41) is 3.77. The number of hydrogen-bond donors (Lipinski definition) is 0. The molecular weight excluding hydrogens is 321 g/mol. The van der Waals surface area contributed by atoms with Crippen molar-refractivity contribution in [2.45, 2.75) is 31.4 Å². The van der Waals surface area contributed by atoms with Crippen molar-refractivity contribution in [3.05, 3.63) is 47.4 Å². The van der Waals surface area contributed by atoms with E-state index in [0.29, 0.717) is 30.4 Å². The van der Waals surface area contributed by atoms with Crippen molar-refractivity contribution in [1.29, 1.82) is 0 Å². The molecule has 0 amide bonds. The highest BCUT2D eigenvalue weighted by molar-refractivity contribution is 7.88. The van der Waals surface area contributed by atoms with Gasteiger partial charge in [0.25, 0.3) is 0 Å². The minimum atomic E-state index is -3.46. The SMILES string of the molecule is Cc1noc(C2CCCN(S(=O)(=O)Cc3ccc(F)cc3)C2)n1. The number of aryl methyl sites for hydroxylation is 1. The average Bonchev–Trinajstić information content (AvgIpc) is 2.96. The number of hydrogen-bond acceptors (Lipinski definition) is 5. The van der Waals surface area contributed by atoms with Crippen LogP contribution in [0, 0.1) is 12.7 Å². The average molecular weight is 339 g/mol. The maximum atomic E-state index is 12.9. The minimum absolute atomic E-state index is 0.0760. The van der Waals surface area contributed by atoms with Gasteiger partial charge in [-0.15, -0.1) is 0 Å². The Balaban J connectivity index is 1.73. The van der Waals surface area contributed by atoms with Crippen LogP contribution in [0.1, 0.15) is 36.0 Å². The Hall–Kier alpha value is -1.80. The number of sulfonamides is 1. The van der Waals surface area contributed by atoms with E-state index in [0.717, 1.165) is 12.8 Å². The van der Waals surface area contributed by atoms with Crippen LogP contribution in [0.3, 0.4) is 0 Å². The molecule has 0 N–H and O–H groups in total. The van der Waals surface area contributed by atoms with Crippen molar-refractivity contribution in [1.82, 2.24) is 14.4 Å². The van der Waals surface area contributed by atoms with Gasteiger partial charge < -0.3 is 4.52 Å². The number of benzene rings is 1.